The highest BCUT2D eigenvalue weighted by Gasteiger charge is 2.31. The molecule has 2 aromatic carbocycles. The number of carbonyl (C=O) groups is 1. The van der Waals surface area contributed by atoms with Gasteiger partial charge in [-0.05, 0) is 48.4 Å². The Morgan fingerprint density at radius 1 is 1.21 bits per heavy atom. The number of methoxy groups -OCH3 is 1. The Morgan fingerprint density at radius 2 is 1.93 bits per heavy atom. The van der Waals surface area contributed by atoms with E-state index in [2.05, 4.69) is 36.8 Å². The van der Waals surface area contributed by atoms with Crippen molar-refractivity contribution in [2.75, 3.05) is 19.0 Å². The van der Waals surface area contributed by atoms with Gasteiger partial charge in [-0.1, -0.05) is 28.9 Å². The van der Waals surface area contributed by atoms with Crippen molar-refractivity contribution < 1.29 is 17.9 Å². The first-order valence-electron chi connectivity index (χ1n) is 9.09. The van der Waals surface area contributed by atoms with E-state index in [4.69, 9.17) is 4.74 Å². The molecule has 29 heavy (non-hydrogen) atoms. The van der Waals surface area contributed by atoms with Gasteiger partial charge >= 0.3 is 0 Å². The smallest absolute Gasteiger partial charge is 0.244 e. The molecule has 0 aromatic heterocycles. The summed E-state index contributed by atoms with van der Waals surface area (Å²) < 4.78 is 33.6. The normalized spacial score (nSPS) is 19.1. The Balaban J connectivity index is 1.74. The molecule has 8 nitrogen and oxygen atoms in total. The lowest BCUT2D eigenvalue weighted by atomic mass is 10.0. The molecule has 2 atom stereocenters. The summed E-state index contributed by atoms with van der Waals surface area (Å²) in [6, 6.07) is 11.6. The van der Waals surface area contributed by atoms with Crippen molar-refractivity contribution in [1.82, 2.24) is 15.6 Å². The highest BCUT2D eigenvalue weighted by molar-refractivity contribution is 9.10. The predicted octanol–water partition coefficient (Wildman–Crippen LogP) is 2.30. The molecule has 2 unspecified atom stereocenters. The number of benzene rings is 2. The van der Waals surface area contributed by atoms with Crippen molar-refractivity contribution >= 4 is 37.5 Å². The fourth-order valence-electron chi connectivity index (χ4n) is 3.10. The summed E-state index contributed by atoms with van der Waals surface area (Å²) in [6.07, 6.45) is 0.468. The molecule has 1 aliphatic heterocycles. The molecule has 0 spiro atoms. The van der Waals surface area contributed by atoms with E-state index in [1.807, 2.05) is 24.3 Å². The minimum atomic E-state index is -3.69. The first-order valence-corrected chi connectivity index (χ1v) is 11.4. The minimum absolute atomic E-state index is 0.0731. The molecule has 10 heteroatoms. The predicted molar refractivity (Wildman–Crippen MR) is 114 cm³/mol. The number of halogens is 1. The van der Waals surface area contributed by atoms with Crippen LogP contribution in [0.2, 0.25) is 0 Å². The van der Waals surface area contributed by atoms with Gasteiger partial charge in [0, 0.05) is 22.7 Å². The van der Waals surface area contributed by atoms with Crippen LogP contribution in [0.15, 0.2) is 51.8 Å². The van der Waals surface area contributed by atoms with Crippen molar-refractivity contribution in [3.05, 3.63) is 52.5 Å². The van der Waals surface area contributed by atoms with E-state index < -0.39 is 16.1 Å². The maximum atomic E-state index is 12.5. The molecule has 0 saturated carbocycles. The van der Waals surface area contributed by atoms with E-state index in [-0.39, 0.29) is 29.1 Å². The number of sulfonamides is 1. The second-order valence-electron chi connectivity index (χ2n) is 6.54. The molecular formula is C19H23BrN4O4S. The quantitative estimate of drug-likeness (QED) is 0.482. The maximum absolute atomic E-state index is 12.5. The van der Waals surface area contributed by atoms with Crippen molar-refractivity contribution in [3.63, 3.8) is 0 Å². The van der Waals surface area contributed by atoms with Gasteiger partial charge in [-0.15, -0.1) is 0 Å². The highest BCUT2D eigenvalue weighted by atomic mass is 79.9. The van der Waals surface area contributed by atoms with Crippen LogP contribution in [0.25, 0.3) is 0 Å². The molecule has 0 radical (unpaired) electrons. The van der Waals surface area contributed by atoms with Gasteiger partial charge in [0.05, 0.1) is 7.11 Å². The molecule has 3 rings (SSSR count). The van der Waals surface area contributed by atoms with E-state index in [0.29, 0.717) is 12.1 Å². The molecule has 1 saturated heterocycles. The summed E-state index contributed by atoms with van der Waals surface area (Å²) in [5.41, 5.74) is 7.50. The molecule has 1 heterocycles. The van der Waals surface area contributed by atoms with Gasteiger partial charge in [-0.3, -0.25) is 4.79 Å². The topological polar surface area (TPSA) is 109 Å². The molecule has 1 aliphatic rings. The number of carbonyl (C=O) groups excluding carboxylic acids is 1. The van der Waals surface area contributed by atoms with Crippen LogP contribution in [0.3, 0.4) is 0 Å². The lowest BCUT2D eigenvalue weighted by Crippen LogP contribution is -2.39. The van der Waals surface area contributed by atoms with Crippen LogP contribution in [-0.4, -0.2) is 34.0 Å². The van der Waals surface area contributed by atoms with Crippen LogP contribution in [0.4, 0.5) is 5.69 Å². The molecule has 0 aliphatic carbocycles. The molecule has 4 N–H and O–H groups in total. The fraction of sp³-hybridized carbons (Fsp3) is 0.316. The third kappa shape index (κ3) is 5.14. The largest absolute Gasteiger partial charge is 0.495 e. The van der Waals surface area contributed by atoms with Crippen LogP contribution in [0, 0.1) is 0 Å². The Bertz CT molecular complexity index is 982. The van der Waals surface area contributed by atoms with E-state index in [1.54, 1.807) is 25.1 Å². The summed E-state index contributed by atoms with van der Waals surface area (Å²) in [5, 5.41) is 2.87. The van der Waals surface area contributed by atoms with Crippen LogP contribution >= 0.6 is 15.9 Å². The number of nitrogens with one attached hydrogen (secondary N) is 4. The van der Waals surface area contributed by atoms with Gasteiger partial charge in [0.2, 0.25) is 15.9 Å². The van der Waals surface area contributed by atoms with Gasteiger partial charge in [-0.2, -0.15) is 0 Å². The number of hydrogen-bond donors (Lipinski definition) is 4. The summed E-state index contributed by atoms with van der Waals surface area (Å²) >= 11 is 3.36. The lowest BCUT2D eigenvalue weighted by Gasteiger charge is -2.15. The molecule has 156 valence electrons. The molecular weight excluding hydrogens is 460 g/mol. The zero-order valence-electron chi connectivity index (χ0n) is 16.0. The molecule has 1 fully saturated rings. The van der Waals surface area contributed by atoms with E-state index >= 15 is 0 Å². The molecule has 2 aromatic rings. The fourth-order valence-corrected chi connectivity index (χ4v) is 4.60. The number of anilines is 1. The number of hydrogen-bond acceptors (Lipinski definition) is 6. The van der Waals surface area contributed by atoms with E-state index in [9.17, 15) is 13.2 Å². The Morgan fingerprint density at radius 3 is 2.59 bits per heavy atom. The average molecular weight is 483 g/mol. The zero-order valence-corrected chi connectivity index (χ0v) is 18.4. The average Bonchev–Trinajstić information content (AvgIpc) is 3.19. The molecule has 1 amide bonds. The van der Waals surface area contributed by atoms with Crippen LogP contribution < -0.4 is 25.6 Å². The third-order valence-electron chi connectivity index (χ3n) is 4.55. The molecule has 0 bridgehead atoms. The zero-order chi connectivity index (χ0) is 21.0. The Labute approximate surface area is 178 Å². The van der Waals surface area contributed by atoms with Gasteiger partial charge in [0.25, 0.3) is 0 Å². The highest BCUT2D eigenvalue weighted by Crippen LogP contribution is 2.30. The van der Waals surface area contributed by atoms with Crippen LogP contribution in [0.5, 0.6) is 5.75 Å². The number of rotatable bonds is 7. The SMILES string of the molecule is CCNS(=O)(=O)c1cc(C2CC(C(=O)Nc3ccc(Br)cc3)NN2)ccc1OC. The first-order chi connectivity index (χ1) is 13.8. The number of amides is 1. The first kappa shape index (κ1) is 21.7. The lowest BCUT2D eigenvalue weighted by molar-refractivity contribution is -0.117. The maximum Gasteiger partial charge on any atom is 0.244 e. The summed E-state index contributed by atoms with van der Waals surface area (Å²) in [7, 11) is -2.26. The van der Waals surface area contributed by atoms with Crippen LogP contribution in [-0.2, 0) is 14.8 Å². The summed E-state index contributed by atoms with van der Waals surface area (Å²) in [6.45, 7) is 1.99. The van der Waals surface area contributed by atoms with Crippen molar-refractivity contribution in [3.8, 4) is 5.75 Å². The monoisotopic (exact) mass is 482 g/mol. The second-order valence-corrected chi connectivity index (χ2v) is 9.19. The van der Waals surface area contributed by atoms with E-state index in [1.165, 1.54) is 7.11 Å². The van der Waals surface area contributed by atoms with Gasteiger partial charge in [0.15, 0.2) is 0 Å². The summed E-state index contributed by atoms with van der Waals surface area (Å²) in [4.78, 5) is 12.6. The van der Waals surface area contributed by atoms with Gasteiger partial charge in [0.1, 0.15) is 16.7 Å². The summed E-state index contributed by atoms with van der Waals surface area (Å²) in [5.74, 6) is 0.0986. The Kier molecular flexibility index (Phi) is 6.91. The third-order valence-corrected chi connectivity index (χ3v) is 6.64. The Hall–Kier alpha value is -1.98. The van der Waals surface area contributed by atoms with Crippen molar-refractivity contribution in [2.45, 2.75) is 30.3 Å². The van der Waals surface area contributed by atoms with Gasteiger partial charge < -0.3 is 10.1 Å². The van der Waals surface area contributed by atoms with Crippen molar-refractivity contribution in [2.24, 2.45) is 0 Å². The number of ether oxygens (including phenoxy) is 1. The van der Waals surface area contributed by atoms with Crippen LogP contribution in [0.1, 0.15) is 24.9 Å². The van der Waals surface area contributed by atoms with E-state index in [0.717, 1.165) is 10.0 Å². The second kappa shape index (κ2) is 9.23. The standard InChI is InChI=1S/C19H23BrN4O4S/c1-3-21-29(26,27)18-10-12(4-9-17(18)28-2)15-11-16(24-23-15)19(25)22-14-7-5-13(20)6-8-14/h4-10,15-16,21,23-24H,3,11H2,1-2H3,(H,22,25). The van der Waals surface area contributed by atoms with Gasteiger partial charge in [-0.25, -0.2) is 24.0 Å². The number of hydrazine groups is 1. The van der Waals surface area contributed by atoms with Crippen molar-refractivity contribution in [1.29, 1.82) is 0 Å². The minimum Gasteiger partial charge on any atom is -0.495 e.